The Morgan fingerprint density at radius 1 is 1.25 bits per heavy atom. The quantitative estimate of drug-likeness (QED) is 0.750. The van der Waals surface area contributed by atoms with Gasteiger partial charge in [0.05, 0.1) is 19.4 Å². The predicted octanol–water partition coefficient (Wildman–Crippen LogP) is 2.16. The molecule has 0 aliphatic carbocycles. The molecule has 1 aromatic carbocycles. The zero-order chi connectivity index (χ0) is 14.8. The van der Waals surface area contributed by atoms with E-state index in [1.165, 1.54) is 7.11 Å². The molecule has 0 fully saturated rings. The van der Waals surface area contributed by atoms with E-state index in [9.17, 15) is 9.59 Å². The lowest BCUT2D eigenvalue weighted by atomic mass is 10.2. The van der Waals surface area contributed by atoms with Gasteiger partial charge in [0, 0.05) is 13.0 Å². The van der Waals surface area contributed by atoms with E-state index in [1.54, 1.807) is 12.1 Å². The lowest BCUT2D eigenvalue weighted by Crippen LogP contribution is -2.25. The van der Waals surface area contributed by atoms with E-state index in [2.05, 4.69) is 15.4 Å². The van der Waals surface area contributed by atoms with Crippen LogP contribution in [0.1, 0.15) is 19.8 Å². The molecule has 0 aliphatic heterocycles. The van der Waals surface area contributed by atoms with E-state index >= 15 is 0 Å². The first-order chi connectivity index (χ1) is 9.67. The van der Waals surface area contributed by atoms with Crippen molar-refractivity contribution in [3.8, 4) is 5.75 Å². The monoisotopic (exact) mass is 280 g/mol. The number of ether oxygens (including phenoxy) is 2. The third-order valence-electron chi connectivity index (χ3n) is 2.50. The Kier molecular flexibility index (Phi) is 6.95. The number of anilines is 1. The van der Waals surface area contributed by atoms with Gasteiger partial charge in [0.1, 0.15) is 5.75 Å². The minimum atomic E-state index is -0.493. The molecule has 2 amide bonds. The van der Waals surface area contributed by atoms with Crippen molar-refractivity contribution in [1.82, 2.24) is 5.32 Å². The summed E-state index contributed by atoms with van der Waals surface area (Å²) in [5.41, 5.74) is 0.653. The van der Waals surface area contributed by atoms with Crippen LogP contribution in [0.15, 0.2) is 24.3 Å². The number of carbonyl (C=O) groups excluding carboxylic acids is 2. The van der Waals surface area contributed by atoms with Crippen LogP contribution in [0.5, 0.6) is 5.75 Å². The van der Waals surface area contributed by atoms with Gasteiger partial charge in [0.15, 0.2) is 0 Å². The van der Waals surface area contributed by atoms with Crippen LogP contribution in [0.4, 0.5) is 10.5 Å². The smallest absolute Gasteiger partial charge is 0.406 e. The van der Waals surface area contributed by atoms with Crippen LogP contribution in [0.25, 0.3) is 0 Å². The Hall–Kier alpha value is -2.24. The van der Waals surface area contributed by atoms with Crippen LogP contribution >= 0.6 is 0 Å². The van der Waals surface area contributed by atoms with Gasteiger partial charge in [0.2, 0.25) is 5.91 Å². The molecule has 0 atom stereocenters. The van der Waals surface area contributed by atoms with Crippen LogP contribution in [-0.2, 0) is 9.53 Å². The van der Waals surface area contributed by atoms with Gasteiger partial charge in [-0.1, -0.05) is 12.1 Å². The molecule has 0 heterocycles. The van der Waals surface area contributed by atoms with Crippen molar-refractivity contribution in [2.24, 2.45) is 0 Å². The Morgan fingerprint density at radius 2 is 2.00 bits per heavy atom. The first-order valence-corrected chi connectivity index (χ1v) is 6.50. The fourth-order valence-corrected chi connectivity index (χ4v) is 1.58. The Labute approximate surface area is 118 Å². The molecule has 0 radical (unpaired) electrons. The van der Waals surface area contributed by atoms with E-state index in [1.807, 2.05) is 19.1 Å². The maximum absolute atomic E-state index is 11.8. The molecule has 1 aromatic rings. The number of amides is 2. The molecule has 0 bridgehead atoms. The predicted molar refractivity (Wildman–Crippen MR) is 75.9 cm³/mol. The van der Waals surface area contributed by atoms with Gasteiger partial charge >= 0.3 is 6.09 Å². The normalized spacial score (nSPS) is 9.70. The van der Waals surface area contributed by atoms with E-state index in [0.29, 0.717) is 37.4 Å². The van der Waals surface area contributed by atoms with Gasteiger partial charge in [0.25, 0.3) is 0 Å². The third-order valence-corrected chi connectivity index (χ3v) is 2.50. The largest absolute Gasteiger partial charge is 0.492 e. The molecule has 20 heavy (non-hydrogen) atoms. The topological polar surface area (TPSA) is 76.7 Å². The third kappa shape index (κ3) is 5.60. The van der Waals surface area contributed by atoms with Crippen LogP contribution < -0.4 is 15.4 Å². The second kappa shape index (κ2) is 8.79. The molecule has 0 saturated heterocycles. The molecule has 6 nitrogen and oxygen atoms in total. The van der Waals surface area contributed by atoms with E-state index < -0.39 is 6.09 Å². The Morgan fingerprint density at radius 3 is 2.70 bits per heavy atom. The van der Waals surface area contributed by atoms with E-state index in [0.717, 1.165) is 0 Å². The number of methoxy groups -OCH3 is 1. The van der Waals surface area contributed by atoms with Crippen molar-refractivity contribution in [2.45, 2.75) is 19.8 Å². The van der Waals surface area contributed by atoms with Crippen LogP contribution in [-0.4, -0.2) is 32.3 Å². The first kappa shape index (κ1) is 15.8. The number of nitrogens with one attached hydrogen (secondary N) is 2. The van der Waals surface area contributed by atoms with E-state index in [-0.39, 0.29) is 5.91 Å². The lowest BCUT2D eigenvalue weighted by Gasteiger charge is -2.11. The van der Waals surface area contributed by atoms with Gasteiger partial charge in [-0.05, 0) is 25.5 Å². The van der Waals surface area contributed by atoms with Crippen LogP contribution in [0, 0.1) is 0 Å². The highest BCUT2D eigenvalue weighted by atomic mass is 16.5. The summed E-state index contributed by atoms with van der Waals surface area (Å²) in [6.45, 7) is 2.82. The number of hydrogen-bond donors (Lipinski definition) is 2. The maximum atomic E-state index is 11.8. The van der Waals surface area contributed by atoms with Crippen LogP contribution in [0.2, 0.25) is 0 Å². The summed E-state index contributed by atoms with van der Waals surface area (Å²) in [7, 11) is 1.30. The van der Waals surface area contributed by atoms with Crippen molar-refractivity contribution in [3.63, 3.8) is 0 Å². The molecule has 1 rings (SSSR count). The average Bonchev–Trinajstić information content (AvgIpc) is 2.45. The molecule has 0 saturated carbocycles. The van der Waals surface area contributed by atoms with Gasteiger partial charge in [-0.2, -0.15) is 0 Å². The SMILES string of the molecule is CCOc1ccccc1NC(=O)CCCNC(=O)OC. The van der Waals surface area contributed by atoms with Gasteiger partial charge in [-0.3, -0.25) is 4.79 Å². The zero-order valence-electron chi connectivity index (χ0n) is 11.8. The molecular weight excluding hydrogens is 260 g/mol. The number of benzene rings is 1. The zero-order valence-corrected chi connectivity index (χ0v) is 11.8. The first-order valence-electron chi connectivity index (χ1n) is 6.50. The molecule has 0 aliphatic rings. The Bertz CT molecular complexity index is 449. The van der Waals surface area contributed by atoms with Crippen molar-refractivity contribution >= 4 is 17.7 Å². The second-order valence-corrected chi connectivity index (χ2v) is 4.00. The van der Waals surface area contributed by atoms with Gasteiger partial charge in [-0.25, -0.2) is 4.79 Å². The summed E-state index contributed by atoms with van der Waals surface area (Å²) in [4.78, 5) is 22.6. The molecule has 0 unspecified atom stereocenters. The lowest BCUT2D eigenvalue weighted by molar-refractivity contribution is -0.116. The molecule has 0 aromatic heterocycles. The highest BCUT2D eigenvalue weighted by Gasteiger charge is 2.07. The molecular formula is C14H20N2O4. The van der Waals surface area contributed by atoms with Crippen molar-refractivity contribution < 1.29 is 19.1 Å². The average molecular weight is 280 g/mol. The number of alkyl carbamates (subject to hydrolysis) is 1. The standard InChI is InChI=1S/C14H20N2O4/c1-3-20-12-8-5-4-7-11(12)16-13(17)9-6-10-15-14(18)19-2/h4-5,7-8H,3,6,9-10H2,1-2H3,(H,15,18)(H,16,17). The summed E-state index contributed by atoms with van der Waals surface area (Å²) in [6, 6.07) is 7.27. The molecule has 6 heteroatoms. The fourth-order valence-electron chi connectivity index (χ4n) is 1.58. The minimum Gasteiger partial charge on any atom is -0.492 e. The summed E-state index contributed by atoms with van der Waals surface area (Å²) < 4.78 is 9.85. The van der Waals surface area contributed by atoms with Crippen molar-refractivity contribution in [2.75, 3.05) is 25.6 Å². The fraction of sp³-hybridized carbons (Fsp3) is 0.429. The van der Waals surface area contributed by atoms with E-state index in [4.69, 9.17) is 4.74 Å². The number of hydrogen-bond acceptors (Lipinski definition) is 4. The highest BCUT2D eigenvalue weighted by molar-refractivity contribution is 5.92. The molecule has 110 valence electrons. The number of para-hydroxylation sites is 2. The highest BCUT2D eigenvalue weighted by Crippen LogP contribution is 2.23. The van der Waals surface area contributed by atoms with Gasteiger partial charge in [-0.15, -0.1) is 0 Å². The maximum Gasteiger partial charge on any atom is 0.406 e. The summed E-state index contributed by atoms with van der Waals surface area (Å²) in [5, 5.41) is 5.31. The second-order valence-electron chi connectivity index (χ2n) is 4.00. The van der Waals surface area contributed by atoms with Crippen molar-refractivity contribution in [3.05, 3.63) is 24.3 Å². The summed E-state index contributed by atoms with van der Waals surface area (Å²) in [6.07, 6.45) is 0.356. The van der Waals surface area contributed by atoms with Crippen molar-refractivity contribution in [1.29, 1.82) is 0 Å². The van der Waals surface area contributed by atoms with Crippen LogP contribution in [0.3, 0.4) is 0 Å². The minimum absolute atomic E-state index is 0.121. The molecule has 0 spiro atoms. The summed E-state index contributed by atoms with van der Waals surface area (Å²) >= 11 is 0. The number of rotatable bonds is 7. The Balaban J connectivity index is 2.37. The molecule has 2 N–H and O–H groups in total. The summed E-state index contributed by atoms with van der Waals surface area (Å²) in [5.74, 6) is 0.528. The number of carbonyl (C=O) groups is 2. The van der Waals surface area contributed by atoms with Gasteiger partial charge < -0.3 is 20.1 Å².